The Morgan fingerprint density at radius 1 is 1.27 bits per heavy atom. The van der Waals surface area contributed by atoms with Crippen LogP contribution in [0.25, 0.3) is 0 Å². The molecule has 1 aliphatic heterocycles. The number of piperazine rings is 1. The number of amides is 2. The summed E-state index contributed by atoms with van der Waals surface area (Å²) >= 11 is 5.71. The van der Waals surface area contributed by atoms with Crippen LogP contribution in [0.4, 0.5) is 4.79 Å². The lowest BCUT2D eigenvalue weighted by Gasteiger charge is -2.42. The number of carbonyl (C=O) groups is 3. The van der Waals surface area contributed by atoms with Crippen molar-refractivity contribution in [2.45, 2.75) is 44.7 Å². The van der Waals surface area contributed by atoms with Gasteiger partial charge in [-0.1, -0.05) is 50.1 Å². The molecule has 1 aliphatic rings. The summed E-state index contributed by atoms with van der Waals surface area (Å²) in [5.74, 6) is -0.684. The molecule has 2 rings (SSSR count). The molecule has 0 aromatic heterocycles. The standard InChI is InChI=1S/C19H25ClN2O4/c1-3-4-10-15(18(24)26-2)21-11-12-22(19(20)25)16(17(21)23)13-14-8-6-5-7-9-14/h5-9,15-16H,3-4,10-13H2,1-2H3/t15-,16-/m0/s1. The minimum Gasteiger partial charge on any atom is -0.467 e. The number of esters is 1. The highest BCUT2D eigenvalue weighted by Gasteiger charge is 2.41. The molecule has 0 aliphatic carbocycles. The van der Waals surface area contributed by atoms with Crippen molar-refractivity contribution >= 4 is 28.8 Å². The van der Waals surface area contributed by atoms with Crippen molar-refractivity contribution in [1.82, 2.24) is 9.80 Å². The Morgan fingerprint density at radius 3 is 2.54 bits per heavy atom. The molecule has 26 heavy (non-hydrogen) atoms. The first-order valence-electron chi connectivity index (χ1n) is 8.87. The summed E-state index contributed by atoms with van der Waals surface area (Å²) in [5, 5.41) is -0.651. The largest absolute Gasteiger partial charge is 0.467 e. The van der Waals surface area contributed by atoms with E-state index in [9.17, 15) is 14.4 Å². The SMILES string of the molecule is CCCC[C@@H](C(=O)OC)N1CCN(C(=O)Cl)[C@@H](Cc2ccccc2)C1=O. The average Bonchev–Trinajstić information content (AvgIpc) is 2.64. The van der Waals surface area contributed by atoms with Gasteiger partial charge < -0.3 is 14.5 Å². The molecule has 0 bridgehead atoms. The van der Waals surface area contributed by atoms with Gasteiger partial charge in [0.1, 0.15) is 12.1 Å². The first kappa shape index (κ1) is 20.2. The molecule has 0 saturated carbocycles. The number of hydrogen-bond acceptors (Lipinski definition) is 4. The Morgan fingerprint density at radius 2 is 1.96 bits per heavy atom. The molecule has 0 spiro atoms. The molecule has 1 aromatic rings. The number of carbonyl (C=O) groups excluding carboxylic acids is 3. The molecule has 1 aromatic carbocycles. The number of halogens is 1. The summed E-state index contributed by atoms with van der Waals surface area (Å²) < 4.78 is 4.90. The molecule has 2 atom stereocenters. The van der Waals surface area contributed by atoms with Crippen LogP contribution in [0.1, 0.15) is 31.7 Å². The van der Waals surface area contributed by atoms with E-state index in [0.717, 1.165) is 18.4 Å². The lowest BCUT2D eigenvalue weighted by atomic mass is 9.99. The normalized spacial score (nSPS) is 18.6. The van der Waals surface area contributed by atoms with E-state index >= 15 is 0 Å². The zero-order valence-corrected chi connectivity index (χ0v) is 15.9. The van der Waals surface area contributed by atoms with E-state index in [1.54, 1.807) is 4.90 Å². The van der Waals surface area contributed by atoms with E-state index in [2.05, 4.69) is 0 Å². The van der Waals surface area contributed by atoms with Crippen molar-refractivity contribution in [2.24, 2.45) is 0 Å². The summed E-state index contributed by atoms with van der Waals surface area (Å²) in [4.78, 5) is 40.1. The van der Waals surface area contributed by atoms with Gasteiger partial charge in [-0.2, -0.15) is 0 Å². The van der Waals surface area contributed by atoms with E-state index in [0.29, 0.717) is 19.4 Å². The van der Waals surface area contributed by atoms with Crippen LogP contribution in [-0.4, -0.2) is 59.3 Å². The Labute approximate surface area is 159 Å². The highest BCUT2D eigenvalue weighted by Crippen LogP contribution is 2.22. The Hall–Kier alpha value is -2.08. The van der Waals surface area contributed by atoms with Crippen LogP contribution in [0.5, 0.6) is 0 Å². The van der Waals surface area contributed by atoms with Crippen LogP contribution in [0.15, 0.2) is 30.3 Å². The van der Waals surface area contributed by atoms with Crippen LogP contribution in [0, 0.1) is 0 Å². The van der Waals surface area contributed by atoms with Gasteiger partial charge in [0, 0.05) is 19.5 Å². The molecule has 7 heteroatoms. The lowest BCUT2D eigenvalue weighted by Crippen LogP contribution is -2.62. The first-order chi connectivity index (χ1) is 12.5. The molecule has 2 amide bonds. The molecular weight excluding hydrogens is 356 g/mol. The zero-order valence-electron chi connectivity index (χ0n) is 15.2. The maximum absolute atomic E-state index is 13.1. The summed E-state index contributed by atoms with van der Waals surface area (Å²) in [6.45, 7) is 2.59. The average molecular weight is 381 g/mol. The van der Waals surface area contributed by atoms with E-state index in [1.165, 1.54) is 12.0 Å². The summed E-state index contributed by atoms with van der Waals surface area (Å²) in [7, 11) is 1.33. The number of methoxy groups -OCH3 is 1. The van der Waals surface area contributed by atoms with Gasteiger partial charge in [0.25, 0.3) is 0 Å². The van der Waals surface area contributed by atoms with E-state index in [4.69, 9.17) is 16.3 Å². The second-order valence-corrected chi connectivity index (χ2v) is 6.69. The fraction of sp³-hybridized carbons (Fsp3) is 0.526. The van der Waals surface area contributed by atoms with Crippen LogP contribution in [0.3, 0.4) is 0 Å². The van der Waals surface area contributed by atoms with Gasteiger partial charge in [-0.25, -0.2) is 4.79 Å². The molecule has 1 heterocycles. The third-order valence-corrected chi connectivity index (χ3v) is 4.92. The van der Waals surface area contributed by atoms with Gasteiger partial charge in [0.2, 0.25) is 5.91 Å². The third-order valence-electron chi connectivity index (χ3n) is 4.70. The van der Waals surface area contributed by atoms with Crippen molar-refractivity contribution in [2.75, 3.05) is 20.2 Å². The summed E-state index contributed by atoms with van der Waals surface area (Å²) in [6, 6.07) is 8.11. The van der Waals surface area contributed by atoms with Gasteiger partial charge in [0.05, 0.1) is 7.11 Å². The van der Waals surface area contributed by atoms with Crippen LogP contribution < -0.4 is 0 Å². The topological polar surface area (TPSA) is 66.9 Å². The minimum atomic E-state index is -0.718. The van der Waals surface area contributed by atoms with Crippen molar-refractivity contribution in [3.63, 3.8) is 0 Å². The number of benzene rings is 1. The Bertz CT molecular complexity index is 638. The van der Waals surface area contributed by atoms with Crippen LogP contribution in [-0.2, 0) is 20.7 Å². The van der Waals surface area contributed by atoms with Gasteiger partial charge >= 0.3 is 11.3 Å². The van der Waals surface area contributed by atoms with E-state index in [-0.39, 0.29) is 12.5 Å². The monoisotopic (exact) mass is 380 g/mol. The minimum absolute atomic E-state index is 0.263. The smallest absolute Gasteiger partial charge is 0.328 e. The second kappa shape index (κ2) is 9.57. The number of hydrogen-bond donors (Lipinski definition) is 0. The number of unbranched alkanes of at least 4 members (excludes halogenated alkanes) is 1. The van der Waals surface area contributed by atoms with Crippen LogP contribution >= 0.6 is 11.6 Å². The number of ether oxygens (including phenoxy) is 1. The lowest BCUT2D eigenvalue weighted by molar-refractivity contribution is -0.157. The predicted molar refractivity (Wildman–Crippen MR) is 98.9 cm³/mol. The Balaban J connectivity index is 2.25. The summed E-state index contributed by atoms with van der Waals surface area (Å²) in [6.07, 6.45) is 2.62. The molecule has 0 unspecified atom stereocenters. The highest BCUT2D eigenvalue weighted by atomic mass is 35.5. The molecule has 0 N–H and O–H groups in total. The van der Waals surface area contributed by atoms with Crippen molar-refractivity contribution in [3.05, 3.63) is 35.9 Å². The molecule has 6 nitrogen and oxygen atoms in total. The maximum Gasteiger partial charge on any atom is 0.328 e. The van der Waals surface area contributed by atoms with Gasteiger partial charge in [-0.05, 0) is 23.6 Å². The van der Waals surface area contributed by atoms with Crippen molar-refractivity contribution < 1.29 is 19.1 Å². The predicted octanol–water partition coefficient (Wildman–Crippen LogP) is 2.83. The van der Waals surface area contributed by atoms with Crippen LogP contribution in [0.2, 0.25) is 0 Å². The molecule has 1 fully saturated rings. The summed E-state index contributed by atoms with van der Waals surface area (Å²) in [5.41, 5.74) is 0.929. The number of rotatable bonds is 7. The van der Waals surface area contributed by atoms with E-state index in [1.807, 2.05) is 37.3 Å². The highest BCUT2D eigenvalue weighted by molar-refractivity contribution is 6.63. The van der Waals surface area contributed by atoms with Crippen molar-refractivity contribution in [3.8, 4) is 0 Å². The van der Waals surface area contributed by atoms with E-state index < -0.39 is 23.4 Å². The maximum atomic E-state index is 13.1. The number of nitrogens with zero attached hydrogens (tertiary/aromatic N) is 2. The molecule has 0 radical (unpaired) electrons. The fourth-order valence-electron chi connectivity index (χ4n) is 3.30. The fourth-order valence-corrected chi connectivity index (χ4v) is 3.50. The van der Waals surface area contributed by atoms with Gasteiger partial charge in [-0.3, -0.25) is 9.59 Å². The molecule has 1 saturated heterocycles. The van der Waals surface area contributed by atoms with Crippen molar-refractivity contribution in [1.29, 1.82) is 0 Å². The second-order valence-electron chi connectivity index (χ2n) is 6.36. The third kappa shape index (κ3) is 4.75. The Kier molecular flexibility index (Phi) is 7.45. The van der Waals surface area contributed by atoms with Gasteiger partial charge in [-0.15, -0.1) is 0 Å². The first-order valence-corrected chi connectivity index (χ1v) is 9.25. The quantitative estimate of drug-likeness (QED) is 0.414. The molecule has 142 valence electrons. The zero-order chi connectivity index (χ0) is 19.1. The molecular formula is C19H25ClN2O4. The van der Waals surface area contributed by atoms with Gasteiger partial charge in [0.15, 0.2) is 0 Å².